The average Bonchev–Trinajstić information content (AvgIpc) is 2.75. The Bertz CT molecular complexity index is 759. The first-order valence-electron chi connectivity index (χ1n) is 5.44. The molecule has 7 heteroatoms. The van der Waals surface area contributed by atoms with E-state index < -0.39 is 0 Å². The van der Waals surface area contributed by atoms with Gasteiger partial charge in [-0.2, -0.15) is 0 Å². The Kier molecular flexibility index (Phi) is 2.36. The van der Waals surface area contributed by atoms with Gasteiger partial charge in [-0.25, -0.2) is 9.67 Å². The van der Waals surface area contributed by atoms with Gasteiger partial charge in [0.05, 0.1) is 12.2 Å². The Morgan fingerprint density at radius 3 is 3.00 bits per heavy atom. The summed E-state index contributed by atoms with van der Waals surface area (Å²) in [7, 11) is 0. The first-order chi connectivity index (χ1) is 8.74. The van der Waals surface area contributed by atoms with E-state index in [1.54, 1.807) is 29.9 Å². The van der Waals surface area contributed by atoms with Crippen molar-refractivity contribution in [1.82, 2.24) is 29.6 Å². The van der Waals surface area contributed by atoms with Gasteiger partial charge < -0.3 is 0 Å². The maximum absolute atomic E-state index is 11.9. The molecule has 0 atom stereocenters. The number of hydrogen-bond donors (Lipinski definition) is 0. The predicted octanol–water partition coefficient (Wildman–Crippen LogP) is 0.0377. The van der Waals surface area contributed by atoms with Crippen LogP contribution in [0.1, 0.15) is 11.5 Å². The van der Waals surface area contributed by atoms with Crippen LogP contribution < -0.4 is 5.56 Å². The van der Waals surface area contributed by atoms with Crippen molar-refractivity contribution < 1.29 is 0 Å². The third-order valence-electron chi connectivity index (χ3n) is 2.65. The van der Waals surface area contributed by atoms with E-state index in [0.29, 0.717) is 23.7 Å². The third kappa shape index (κ3) is 1.75. The largest absolute Gasteiger partial charge is 0.269 e. The van der Waals surface area contributed by atoms with Gasteiger partial charge in [-0.15, -0.1) is 5.10 Å². The number of tetrazole rings is 1. The van der Waals surface area contributed by atoms with Crippen LogP contribution in [-0.2, 0) is 6.54 Å². The Balaban J connectivity index is 2.08. The molecule has 3 aromatic heterocycles. The number of aromatic nitrogens is 6. The SMILES string of the molecule is Cc1nnnn1Cc1cc(=O)n2ccccc2n1. The minimum absolute atomic E-state index is 0.110. The van der Waals surface area contributed by atoms with Crippen LogP contribution in [0.25, 0.3) is 5.65 Å². The topological polar surface area (TPSA) is 78.0 Å². The molecule has 0 unspecified atom stereocenters. The van der Waals surface area contributed by atoms with E-state index in [-0.39, 0.29) is 5.56 Å². The molecule has 0 saturated carbocycles. The van der Waals surface area contributed by atoms with E-state index in [9.17, 15) is 4.79 Å². The number of hydrogen-bond acceptors (Lipinski definition) is 5. The highest BCUT2D eigenvalue weighted by Gasteiger charge is 2.05. The molecular formula is C11H10N6O. The Morgan fingerprint density at radius 1 is 1.33 bits per heavy atom. The Morgan fingerprint density at radius 2 is 2.22 bits per heavy atom. The van der Waals surface area contributed by atoms with Crippen LogP contribution >= 0.6 is 0 Å². The summed E-state index contributed by atoms with van der Waals surface area (Å²) in [6.45, 7) is 2.19. The summed E-state index contributed by atoms with van der Waals surface area (Å²) < 4.78 is 3.09. The highest BCUT2D eigenvalue weighted by Crippen LogP contribution is 2.01. The highest BCUT2D eigenvalue weighted by molar-refractivity contribution is 5.37. The molecule has 0 N–H and O–H groups in total. The number of nitrogens with zero attached hydrogens (tertiary/aromatic N) is 6. The second-order valence-electron chi connectivity index (χ2n) is 3.90. The Labute approximate surface area is 102 Å². The van der Waals surface area contributed by atoms with Gasteiger partial charge in [-0.1, -0.05) is 6.07 Å². The van der Waals surface area contributed by atoms with Gasteiger partial charge in [0.25, 0.3) is 5.56 Å². The van der Waals surface area contributed by atoms with E-state index in [2.05, 4.69) is 20.5 Å². The van der Waals surface area contributed by atoms with Crippen molar-refractivity contribution in [2.45, 2.75) is 13.5 Å². The second-order valence-corrected chi connectivity index (χ2v) is 3.90. The van der Waals surface area contributed by atoms with Gasteiger partial charge in [-0.3, -0.25) is 9.20 Å². The zero-order valence-corrected chi connectivity index (χ0v) is 9.69. The van der Waals surface area contributed by atoms with Crippen molar-refractivity contribution in [3.63, 3.8) is 0 Å². The van der Waals surface area contributed by atoms with E-state index in [1.165, 1.54) is 10.5 Å². The molecular weight excluding hydrogens is 232 g/mol. The molecule has 0 amide bonds. The molecule has 0 fully saturated rings. The molecule has 0 aromatic carbocycles. The van der Waals surface area contributed by atoms with Crippen molar-refractivity contribution in [3.8, 4) is 0 Å². The number of aryl methyl sites for hydroxylation is 1. The van der Waals surface area contributed by atoms with Crippen molar-refractivity contribution >= 4 is 5.65 Å². The molecule has 18 heavy (non-hydrogen) atoms. The van der Waals surface area contributed by atoms with Gasteiger partial charge in [0.15, 0.2) is 0 Å². The van der Waals surface area contributed by atoms with Crippen molar-refractivity contribution in [2.24, 2.45) is 0 Å². The molecule has 3 heterocycles. The maximum atomic E-state index is 11.9. The van der Waals surface area contributed by atoms with E-state index >= 15 is 0 Å². The van der Waals surface area contributed by atoms with Crippen molar-refractivity contribution in [3.05, 3.63) is 52.3 Å². The number of fused-ring (bicyclic) bond motifs is 1. The monoisotopic (exact) mass is 242 g/mol. The van der Waals surface area contributed by atoms with Crippen LogP contribution in [-0.4, -0.2) is 29.6 Å². The first kappa shape index (κ1) is 10.6. The summed E-state index contributed by atoms with van der Waals surface area (Å²) in [5, 5.41) is 11.2. The lowest BCUT2D eigenvalue weighted by Crippen LogP contribution is -2.17. The zero-order valence-electron chi connectivity index (χ0n) is 9.69. The van der Waals surface area contributed by atoms with Crippen LogP contribution in [0.3, 0.4) is 0 Å². The molecule has 7 nitrogen and oxygen atoms in total. The molecule has 3 aromatic rings. The summed E-state index contributed by atoms with van der Waals surface area (Å²) in [5.74, 6) is 0.685. The van der Waals surface area contributed by atoms with Gasteiger partial charge in [-0.05, 0) is 29.5 Å². The van der Waals surface area contributed by atoms with Gasteiger partial charge in [0.2, 0.25) is 0 Å². The van der Waals surface area contributed by atoms with Crippen LogP contribution in [0, 0.1) is 6.92 Å². The molecule has 3 rings (SSSR count). The van der Waals surface area contributed by atoms with Crippen molar-refractivity contribution in [2.75, 3.05) is 0 Å². The van der Waals surface area contributed by atoms with Crippen molar-refractivity contribution in [1.29, 1.82) is 0 Å². The van der Waals surface area contributed by atoms with E-state index in [4.69, 9.17) is 0 Å². The quantitative estimate of drug-likeness (QED) is 0.634. The third-order valence-corrected chi connectivity index (χ3v) is 2.65. The second kappa shape index (κ2) is 4.02. The normalized spacial score (nSPS) is 10.9. The van der Waals surface area contributed by atoms with Crippen LogP contribution in [0.2, 0.25) is 0 Å². The number of pyridine rings is 1. The van der Waals surface area contributed by atoms with Gasteiger partial charge in [0, 0.05) is 12.3 Å². The summed E-state index contributed by atoms with van der Waals surface area (Å²) in [4.78, 5) is 16.3. The minimum Gasteiger partial charge on any atom is -0.269 e. The smallest absolute Gasteiger partial charge is 0.258 e. The standard InChI is InChI=1S/C11H10N6O/c1-8-13-14-15-17(8)7-9-6-11(18)16-5-3-2-4-10(16)12-9/h2-6H,7H2,1H3. The molecule has 0 aliphatic heterocycles. The van der Waals surface area contributed by atoms with Gasteiger partial charge in [0.1, 0.15) is 11.5 Å². The van der Waals surface area contributed by atoms with E-state index in [0.717, 1.165) is 0 Å². The summed E-state index contributed by atoms with van der Waals surface area (Å²) >= 11 is 0. The maximum Gasteiger partial charge on any atom is 0.258 e. The van der Waals surface area contributed by atoms with Crippen LogP contribution in [0.4, 0.5) is 0 Å². The lowest BCUT2D eigenvalue weighted by Gasteiger charge is -2.04. The molecule has 0 aliphatic rings. The molecule has 0 aliphatic carbocycles. The molecule has 0 bridgehead atoms. The van der Waals surface area contributed by atoms with Gasteiger partial charge >= 0.3 is 0 Å². The predicted molar refractivity (Wildman–Crippen MR) is 63.1 cm³/mol. The highest BCUT2D eigenvalue weighted by atomic mass is 16.1. The fourth-order valence-electron chi connectivity index (χ4n) is 1.73. The van der Waals surface area contributed by atoms with Crippen LogP contribution in [0.15, 0.2) is 35.3 Å². The number of rotatable bonds is 2. The van der Waals surface area contributed by atoms with Crippen LogP contribution in [0.5, 0.6) is 0 Å². The van der Waals surface area contributed by atoms with E-state index in [1.807, 2.05) is 6.07 Å². The molecule has 90 valence electrons. The fourth-order valence-corrected chi connectivity index (χ4v) is 1.73. The first-order valence-corrected chi connectivity index (χ1v) is 5.44. The lowest BCUT2D eigenvalue weighted by atomic mass is 10.3. The summed E-state index contributed by atoms with van der Waals surface area (Å²) in [5.41, 5.74) is 1.15. The summed E-state index contributed by atoms with van der Waals surface area (Å²) in [6.07, 6.45) is 1.69. The molecule has 0 spiro atoms. The average molecular weight is 242 g/mol. The molecule has 0 saturated heterocycles. The summed E-state index contributed by atoms with van der Waals surface area (Å²) in [6, 6.07) is 6.92. The fraction of sp³-hybridized carbons (Fsp3) is 0.182. The minimum atomic E-state index is -0.110. The lowest BCUT2D eigenvalue weighted by molar-refractivity contribution is 0.622. The Hall–Kier alpha value is -2.57. The zero-order chi connectivity index (χ0) is 12.5. The molecule has 0 radical (unpaired) electrons.